The van der Waals surface area contributed by atoms with E-state index in [2.05, 4.69) is 15.1 Å². The summed E-state index contributed by atoms with van der Waals surface area (Å²) in [7, 11) is 1.52. The third-order valence-corrected chi connectivity index (χ3v) is 4.72. The number of nitrogens with zero attached hydrogens (tertiary/aromatic N) is 4. The fraction of sp³-hybridized carbons (Fsp3) is 0.190. The highest BCUT2D eigenvalue weighted by molar-refractivity contribution is 5.68. The minimum atomic E-state index is -4.63. The molecule has 0 radical (unpaired) electrons. The van der Waals surface area contributed by atoms with Crippen LogP contribution in [0.3, 0.4) is 0 Å². The van der Waals surface area contributed by atoms with Gasteiger partial charge in [0.2, 0.25) is 0 Å². The quantitative estimate of drug-likeness (QED) is 0.469. The van der Waals surface area contributed by atoms with Crippen LogP contribution >= 0.6 is 0 Å². The average Bonchev–Trinajstić information content (AvgIpc) is 3.20. The van der Waals surface area contributed by atoms with E-state index in [0.29, 0.717) is 41.7 Å². The lowest BCUT2D eigenvalue weighted by Gasteiger charge is -2.12. The molecular formula is C21H19F3N6O2. The van der Waals surface area contributed by atoms with Crippen molar-refractivity contribution in [1.29, 1.82) is 0 Å². The second-order valence-corrected chi connectivity index (χ2v) is 6.79. The van der Waals surface area contributed by atoms with Gasteiger partial charge in [0.05, 0.1) is 30.3 Å². The predicted molar refractivity (Wildman–Crippen MR) is 112 cm³/mol. The largest absolute Gasteiger partial charge is 0.493 e. The number of alkyl halides is 3. The van der Waals surface area contributed by atoms with E-state index < -0.39 is 17.6 Å². The second kappa shape index (κ2) is 8.35. The third-order valence-electron chi connectivity index (χ3n) is 4.72. The van der Waals surface area contributed by atoms with Crippen molar-refractivity contribution in [2.24, 2.45) is 5.73 Å². The molecule has 0 saturated heterocycles. The van der Waals surface area contributed by atoms with Gasteiger partial charge in [0.1, 0.15) is 12.4 Å². The molecule has 8 nitrogen and oxygen atoms in total. The van der Waals surface area contributed by atoms with Gasteiger partial charge in [-0.25, -0.2) is 14.5 Å². The van der Waals surface area contributed by atoms with Crippen molar-refractivity contribution >= 4 is 11.5 Å². The predicted octanol–water partition coefficient (Wildman–Crippen LogP) is 3.41. The molecule has 0 fully saturated rings. The molecule has 0 aliphatic heterocycles. The number of anilines is 1. The van der Waals surface area contributed by atoms with E-state index >= 15 is 0 Å². The Kier molecular flexibility index (Phi) is 5.57. The second-order valence-electron chi connectivity index (χ2n) is 6.79. The smallest absolute Gasteiger partial charge is 0.419 e. The Bertz CT molecular complexity index is 1270. The van der Waals surface area contributed by atoms with Crippen molar-refractivity contribution in [3.63, 3.8) is 0 Å². The molecule has 0 aliphatic rings. The Morgan fingerprint density at radius 2 is 1.81 bits per heavy atom. The van der Waals surface area contributed by atoms with Gasteiger partial charge in [0.15, 0.2) is 17.1 Å². The first kappa shape index (κ1) is 21.4. The number of halogens is 3. The Labute approximate surface area is 180 Å². The van der Waals surface area contributed by atoms with Crippen LogP contribution in [0.25, 0.3) is 28.2 Å². The van der Waals surface area contributed by atoms with Crippen LogP contribution < -0.4 is 20.9 Å². The molecule has 0 spiro atoms. The van der Waals surface area contributed by atoms with Crippen LogP contribution in [0, 0.1) is 0 Å². The van der Waals surface area contributed by atoms with E-state index in [1.54, 1.807) is 30.3 Å². The number of pyridine rings is 1. The molecule has 4 aromatic rings. The van der Waals surface area contributed by atoms with Crippen LogP contribution in [0.5, 0.6) is 11.5 Å². The molecule has 3 aromatic heterocycles. The van der Waals surface area contributed by atoms with Gasteiger partial charge in [0.25, 0.3) is 0 Å². The SMILES string of the molecule is COc1cc(-c2ccc3ncc(-c4cnc(N)c(C(F)(F)F)c4)n3n2)ccc1OCCN. The lowest BCUT2D eigenvalue weighted by molar-refractivity contribution is -0.137. The lowest BCUT2D eigenvalue weighted by atomic mass is 10.1. The van der Waals surface area contributed by atoms with E-state index in [9.17, 15) is 13.2 Å². The highest BCUT2D eigenvalue weighted by Crippen LogP contribution is 2.36. The first-order chi connectivity index (χ1) is 15.3. The van der Waals surface area contributed by atoms with Crippen molar-refractivity contribution in [2.75, 3.05) is 26.0 Å². The first-order valence-electron chi connectivity index (χ1n) is 9.51. The highest BCUT2D eigenvalue weighted by Gasteiger charge is 2.34. The maximum Gasteiger partial charge on any atom is 0.419 e. The van der Waals surface area contributed by atoms with E-state index in [1.807, 2.05) is 0 Å². The minimum absolute atomic E-state index is 0.187. The summed E-state index contributed by atoms with van der Waals surface area (Å²) in [6.45, 7) is 0.705. The maximum atomic E-state index is 13.3. The van der Waals surface area contributed by atoms with E-state index in [-0.39, 0.29) is 5.56 Å². The Morgan fingerprint density at radius 3 is 2.53 bits per heavy atom. The number of ether oxygens (including phenoxy) is 2. The summed E-state index contributed by atoms with van der Waals surface area (Å²) in [5.41, 5.74) is 12.1. The molecule has 3 heterocycles. The number of imidazole rings is 1. The standard InChI is InChI=1S/C21H19F3N6O2/c1-31-18-9-12(2-4-17(18)32-7-6-25)15-3-5-19-27-11-16(30(19)29-15)13-8-14(21(22,23)24)20(26)28-10-13/h2-5,8-11H,6-7,25H2,1H3,(H2,26,28). The number of hydrogen-bond donors (Lipinski definition) is 2. The zero-order valence-corrected chi connectivity index (χ0v) is 16.9. The molecule has 0 bridgehead atoms. The molecular weight excluding hydrogens is 425 g/mol. The van der Waals surface area contributed by atoms with Crippen LogP contribution in [-0.4, -0.2) is 39.8 Å². The van der Waals surface area contributed by atoms with Crippen molar-refractivity contribution in [3.05, 3.63) is 54.4 Å². The lowest BCUT2D eigenvalue weighted by Crippen LogP contribution is -2.11. The molecule has 1 aromatic carbocycles. The van der Waals surface area contributed by atoms with Crippen molar-refractivity contribution < 1.29 is 22.6 Å². The molecule has 4 rings (SSSR count). The number of nitrogen functional groups attached to an aromatic ring is 1. The fourth-order valence-electron chi connectivity index (χ4n) is 3.18. The van der Waals surface area contributed by atoms with Crippen LogP contribution in [0.2, 0.25) is 0 Å². The van der Waals surface area contributed by atoms with Gasteiger partial charge < -0.3 is 20.9 Å². The topological polar surface area (TPSA) is 114 Å². The molecule has 0 aliphatic carbocycles. The fourth-order valence-corrected chi connectivity index (χ4v) is 3.18. The maximum absolute atomic E-state index is 13.3. The van der Waals surface area contributed by atoms with Crippen LogP contribution in [0.4, 0.5) is 19.0 Å². The summed E-state index contributed by atoms with van der Waals surface area (Å²) >= 11 is 0. The van der Waals surface area contributed by atoms with Gasteiger partial charge in [-0.1, -0.05) is 0 Å². The summed E-state index contributed by atoms with van der Waals surface area (Å²) in [6, 6.07) is 9.70. The van der Waals surface area contributed by atoms with Crippen molar-refractivity contribution in [3.8, 4) is 34.0 Å². The zero-order chi connectivity index (χ0) is 22.9. The van der Waals surface area contributed by atoms with Gasteiger partial charge >= 0.3 is 6.18 Å². The number of rotatable bonds is 6. The number of fused-ring (bicyclic) bond motifs is 1. The van der Waals surface area contributed by atoms with Crippen molar-refractivity contribution in [1.82, 2.24) is 19.6 Å². The van der Waals surface area contributed by atoms with Gasteiger partial charge in [-0.2, -0.15) is 18.3 Å². The van der Waals surface area contributed by atoms with Gasteiger partial charge in [-0.05, 0) is 36.4 Å². The molecule has 0 unspecified atom stereocenters. The number of methoxy groups -OCH3 is 1. The first-order valence-corrected chi connectivity index (χ1v) is 9.51. The van der Waals surface area contributed by atoms with Crippen LogP contribution in [-0.2, 0) is 6.18 Å². The molecule has 0 atom stereocenters. The number of aromatic nitrogens is 4. The van der Waals surface area contributed by atoms with Gasteiger partial charge in [0, 0.05) is 23.9 Å². The Hall–Kier alpha value is -3.86. The van der Waals surface area contributed by atoms with Gasteiger partial charge in [-0.15, -0.1) is 0 Å². The summed E-state index contributed by atoms with van der Waals surface area (Å²) in [5, 5.41) is 4.56. The van der Waals surface area contributed by atoms with E-state index in [4.69, 9.17) is 20.9 Å². The van der Waals surface area contributed by atoms with Gasteiger partial charge in [-0.3, -0.25) is 0 Å². The number of nitrogens with two attached hydrogens (primary N) is 2. The van der Waals surface area contributed by atoms with E-state index in [1.165, 1.54) is 24.0 Å². The molecule has 4 N–H and O–H groups in total. The third kappa shape index (κ3) is 4.02. The zero-order valence-electron chi connectivity index (χ0n) is 16.9. The minimum Gasteiger partial charge on any atom is -0.493 e. The molecule has 166 valence electrons. The van der Waals surface area contributed by atoms with Crippen LogP contribution in [0.15, 0.2) is 48.8 Å². The average molecular weight is 444 g/mol. The van der Waals surface area contributed by atoms with E-state index in [0.717, 1.165) is 11.6 Å². The highest BCUT2D eigenvalue weighted by atomic mass is 19.4. The monoisotopic (exact) mass is 444 g/mol. The molecule has 11 heteroatoms. The Balaban J connectivity index is 1.78. The van der Waals surface area contributed by atoms with Crippen LogP contribution in [0.1, 0.15) is 5.56 Å². The molecule has 0 amide bonds. The summed E-state index contributed by atoms with van der Waals surface area (Å²) in [4.78, 5) is 7.92. The summed E-state index contributed by atoms with van der Waals surface area (Å²) in [5.74, 6) is 0.452. The summed E-state index contributed by atoms with van der Waals surface area (Å²) < 4.78 is 52.2. The van der Waals surface area contributed by atoms with Crippen molar-refractivity contribution in [2.45, 2.75) is 6.18 Å². The normalized spacial score (nSPS) is 11.7. The molecule has 32 heavy (non-hydrogen) atoms. The molecule has 0 saturated carbocycles. The Morgan fingerprint density at radius 1 is 1.00 bits per heavy atom. The summed E-state index contributed by atoms with van der Waals surface area (Å²) in [6.07, 6.45) is -1.94. The number of hydrogen-bond acceptors (Lipinski definition) is 7. The number of benzene rings is 1.